The third-order valence-electron chi connectivity index (χ3n) is 6.55. The molecule has 0 radical (unpaired) electrons. The fraction of sp³-hybridized carbons (Fsp3) is 0.375. The molecule has 2 atom stereocenters. The number of alkyl halides is 2. The summed E-state index contributed by atoms with van der Waals surface area (Å²) in [7, 11) is -4.28. The molecule has 1 fully saturated rings. The van der Waals surface area contributed by atoms with Gasteiger partial charge in [-0.3, -0.25) is 9.59 Å². The number of piperidine rings is 1. The molecule has 0 saturated carbocycles. The molecule has 5 rings (SSSR count). The first-order chi connectivity index (χ1) is 18.8. The van der Waals surface area contributed by atoms with Gasteiger partial charge in [-0.25, -0.2) is 21.6 Å². The highest BCUT2D eigenvalue weighted by molar-refractivity contribution is 7.91. The number of carbonyl (C=O) groups is 2. The van der Waals surface area contributed by atoms with E-state index in [1.54, 1.807) is 24.3 Å². The molecule has 2 aliphatic rings. The molecule has 16 heteroatoms. The van der Waals surface area contributed by atoms with Crippen LogP contribution in [0.3, 0.4) is 0 Å². The van der Waals surface area contributed by atoms with Crippen LogP contribution in [0, 0.1) is 5.82 Å². The van der Waals surface area contributed by atoms with Crippen molar-refractivity contribution in [2.75, 3.05) is 23.7 Å². The molecule has 3 heterocycles. The highest BCUT2D eigenvalue weighted by atomic mass is 35.5. The molecule has 2 N–H and O–H groups in total. The molecule has 11 nitrogen and oxygen atoms in total. The molecule has 0 spiro atoms. The normalized spacial score (nSPS) is 21.9. The Labute approximate surface area is 231 Å². The number of carbonyl (C=O) groups excluding carboxylic acids is 2. The summed E-state index contributed by atoms with van der Waals surface area (Å²) in [4.78, 5) is 27.0. The van der Waals surface area contributed by atoms with E-state index in [0.717, 1.165) is 28.8 Å². The lowest BCUT2D eigenvalue weighted by molar-refractivity contribution is -0.126. The highest BCUT2D eigenvalue weighted by Crippen LogP contribution is 2.37. The summed E-state index contributed by atoms with van der Waals surface area (Å²) in [6.45, 7) is 0.661. The van der Waals surface area contributed by atoms with E-state index in [0.29, 0.717) is 10.6 Å². The summed E-state index contributed by atoms with van der Waals surface area (Å²) >= 11 is 5.97. The third-order valence-corrected chi connectivity index (χ3v) is 8.57. The summed E-state index contributed by atoms with van der Waals surface area (Å²) in [5.74, 6) is -6.45. The van der Waals surface area contributed by atoms with Crippen LogP contribution < -0.4 is 15.5 Å². The topological polar surface area (TPSA) is 139 Å². The number of nitrogens with zero attached hydrogens (tertiary/aromatic N) is 5. The Morgan fingerprint density at radius 3 is 2.65 bits per heavy atom. The van der Waals surface area contributed by atoms with Crippen molar-refractivity contribution < 1.29 is 31.2 Å². The number of tetrazole rings is 1. The van der Waals surface area contributed by atoms with Gasteiger partial charge in [0.25, 0.3) is 11.8 Å². The van der Waals surface area contributed by atoms with Gasteiger partial charge in [-0.05, 0) is 35.0 Å². The second-order valence-electron chi connectivity index (χ2n) is 9.66. The minimum atomic E-state index is -4.28. The average Bonchev–Trinajstić information content (AvgIpc) is 3.34. The molecule has 212 valence electrons. The summed E-state index contributed by atoms with van der Waals surface area (Å²) in [5, 5.41) is 17.1. The van der Waals surface area contributed by atoms with Crippen LogP contribution in [0.2, 0.25) is 5.02 Å². The van der Waals surface area contributed by atoms with Crippen molar-refractivity contribution in [3.05, 3.63) is 52.8 Å². The van der Waals surface area contributed by atoms with Gasteiger partial charge in [-0.2, -0.15) is 4.80 Å². The number of fused-ring (bicyclic) bond motifs is 1. The van der Waals surface area contributed by atoms with Gasteiger partial charge in [0.1, 0.15) is 11.9 Å². The number of nitrogens with one attached hydrogen (secondary N) is 2. The molecule has 0 aliphatic carbocycles. The molecule has 1 aromatic heterocycles. The summed E-state index contributed by atoms with van der Waals surface area (Å²) in [6.07, 6.45) is -0.547. The van der Waals surface area contributed by atoms with Gasteiger partial charge in [0.05, 0.1) is 41.0 Å². The Kier molecular flexibility index (Phi) is 7.31. The van der Waals surface area contributed by atoms with Crippen LogP contribution in [-0.2, 0) is 26.0 Å². The second-order valence-corrected chi connectivity index (χ2v) is 12.1. The SMILES string of the molecule is CC(=O)N[C@H]1CS(=O)(=O)c2cc(F)c(-c3nnn(C4CNCC(F)(F)C4)n3)cc2N(Cc2ccc(Cl)cc2)C1=O. The third kappa shape index (κ3) is 5.67. The first-order valence-corrected chi connectivity index (χ1v) is 14.1. The quantitative estimate of drug-likeness (QED) is 0.456. The van der Waals surface area contributed by atoms with Gasteiger partial charge < -0.3 is 15.5 Å². The van der Waals surface area contributed by atoms with Gasteiger partial charge in [0.2, 0.25) is 11.7 Å². The summed E-state index contributed by atoms with van der Waals surface area (Å²) in [6, 6.07) is 6.02. The molecule has 3 aromatic rings. The first-order valence-electron chi connectivity index (χ1n) is 12.1. The van der Waals surface area contributed by atoms with Crippen molar-refractivity contribution in [3.8, 4) is 11.4 Å². The molecule has 1 saturated heterocycles. The number of anilines is 1. The number of rotatable bonds is 5. The van der Waals surface area contributed by atoms with Crippen LogP contribution >= 0.6 is 11.6 Å². The maximum atomic E-state index is 15.4. The van der Waals surface area contributed by atoms with Gasteiger partial charge in [0, 0.05) is 24.9 Å². The van der Waals surface area contributed by atoms with Crippen molar-refractivity contribution in [2.24, 2.45) is 0 Å². The fourth-order valence-corrected chi connectivity index (χ4v) is 6.45. The Morgan fingerprint density at radius 2 is 1.98 bits per heavy atom. The maximum Gasteiger partial charge on any atom is 0.262 e. The molecule has 2 amide bonds. The van der Waals surface area contributed by atoms with E-state index in [1.807, 2.05) is 0 Å². The van der Waals surface area contributed by atoms with Crippen molar-refractivity contribution in [2.45, 2.75) is 42.8 Å². The molecular formula is C24H23ClF3N7O4S. The van der Waals surface area contributed by atoms with Crippen molar-refractivity contribution in [1.82, 2.24) is 30.8 Å². The van der Waals surface area contributed by atoms with Crippen LogP contribution in [0.5, 0.6) is 0 Å². The van der Waals surface area contributed by atoms with Gasteiger partial charge in [0.15, 0.2) is 9.84 Å². The summed E-state index contributed by atoms with van der Waals surface area (Å²) < 4.78 is 69.8. The number of amides is 2. The molecule has 40 heavy (non-hydrogen) atoms. The Morgan fingerprint density at radius 1 is 1.25 bits per heavy atom. The zero-order valence-corrected chi connectivity index (χ0v) is 22.5. The van der Waals surface area contributed by atoms with E-state index in [9.17, 15) is 26.8 Å². The standard InChI is InChI=1S/C24H23ClF3N7O4S/c1-13(36)30-19-11-40(38,39)21-7-18(26)17(22-31-33-35(32-22)16-8-24(27,28)12-29-9-16)6-20(21)34(23(19)37)10-14-2-4-15(25)5-3-14/h2-7,16,19,29H,8-12H2,1H3,(H,30,36)/t16?,19-/m0/s1. The first kappa shape index (κ1) is 28.0. The molecule has 2 aliphatic heterocycles. The number of hydrogen-bond donors (Lipinski definition) is 2. The lowest BCUT2D eigenvalue weighted by Gasteiger charge is -2.28. The van der Waals surface area contributed by atoms with Gasteiger partial charge >= 0.3 is 0 Å². The maximum absolute atomic E-state index is 15.4. The predicted molar refractivity (Wildman–Crippen MR) is 137 cm³/mol. The van der Waals surface area contributed by atoms with Crippen molar-refractivity contribution in [1.29, 1.82) is 0 Å². The van der Waals surface area contributed by atoms with Crippen molar-refractivity contribution in [3.63, 3.8) is 0 Å². The highest BCUT2D eigenvalue weighted by Gasteiger charge is 2.40. The average molecular weight is 598 g/mol. The van der Waals surface area contributed by atoms with Crippen molar-refractivity contribution >= 4 is 38.9 Å². The van der Waals surface area contributed by atoms with E-state index >= 15 is 4.39 Å². The molecule has 0 bridgehead atoms. The van der Waals surface area contributed by atoms with Gasteiger partial charge in [-0.15, -0.1) is 10.2 Å². The van der Waals surface area contributed by atoms with Crippen LogP contribution in [-0.4, -0.2) is 71.2 Å². The largest absolute Gasteiger partial charge is 0.344 e. The predicted octanol–water partition coefficient (Wildman–Crippen LogP) is 2.13. The minimum Gasteiger partial charge on any atom is -0.344 e. The Balaban J connectivity index is 1.60. The number of hydrogen-bond acceptors (Lipinski definition) is 8. The molecule has 2 aromatic carbocycles. The van der Waals surface area contributed by atoms with E-state index < -0.39 is 69.1 Å². The van der Waals surface area contributed by atoms with Crippen LogP contribution in [0.25, 0.3) is 11.4 Å². The summed E-state index contributed by atoms with van der Waals surface area (Å²) in [5.41, 5.74) is 0.124. The van der Waals surface area contributed by atoms with Gasteiger partial charge in [-0.1, -0.05) is 23.7 Å². The zero-order chi connectivity index (χ0) is 28.8. The van der Waals surface area contributed by atoms with Crippen LogP contribution in [0.1, 0.15) is 24.9 Å². The fourth-order valence-electron chi connectivity index (χ4n) is 4.71. The molecule has 1 unspecified atom stereocenters. The lowest BCUT2D eigenvalue weighted by Crippen LogP contribution is -2.49. The minimum absolute atomic E-state index is 0.136. The van der Waals surface area contributed by atoms with Crippen LogP contribution in [0.4, 0.5) is 18.9 Å². The monoisotopic (exact) mass is 597 g/mol. The number of halogens is 4. The Hall–Kier alpha value is -3.56. The van der Waals surface area contributed by atoms with Crippen LogP contribution in [0.15, 0.2) is 41.3 Å². The second kappa shape index (κ2) is 10.4. The lowest BCUT2D eigenvalue weighted by atomic mass is 10.1. The smallest absolute Gasteiger partial charge is 0.262 e. The number of benzene rings is 2. The van der Waals surface area contributed by atoms with E-state index in [4.69, 9.17) is 11.6 Å². The van der Waals surface area contributed by atoms with E-state index in [1.165, 1.54) is 0 Å². The Bertz CT molecular complexity index is 1580. The zero-order valence-electron chi connectivity index (χ0n) is 20.9. The number of sulfone groups is 1. The van der Waals surface area contributed by atoms with E-state index in [-0.39, 0.29) is 30.2 Å². The number of aromatic nitrogens is 4. The van der Waals surface area contributed by atoms with E-state index in [2.05, 4.69) is 26.0 Å². The molecular weight excluding hydrogens is 575 g/mol.